The Kier molecular flexibility index (Phi) is 9.86. The Morgan fingerprint density at radius 3 is 2.54 bits per heavy atom. The molecule has 3 heterocycles. The molecular weight excluding hydrogens is 504 g/mol. The van der Waals surface area contributed by atoms with E-state index in [1.165, 1.54) is 6.33 Å². The van der Waals surface area contributed by atoms with Crippen molar-refractivity contribution >= 4 is 29.6 Å². The maximum Gasteiger partial charge on any atom is 0.408 e. The number of rotatable bonds is 10. The second-order valence-corrected chi connectivity index (χ2v) is 9.61. The maximum absolute atomic E-state index is 12.7. The van der Waals surface area contributed by atoms with Gasteiger partial charge in [0.1, 0.15) is 36.9 Å². The van der Waals surface area contributed by atoms with Gasteiger partial charge < -0.3 is 30.7 Å². The normalized spacial score (nSPS) is 17.2. The molecule has 39 heavy (non-hydrogen) atoms. The maximum atomic E-state index is 12.7. The molecule has 6 N–H and O–H groups in total. The molecule has 13 heteroatoms. The highest BCUT2D eigenvalue weighted by atomic mass is 16.5. The van der Waals surface area contributed by atoms with Crippen LogP contribution in [0.3, 0.4) is 0 Å². The fourth-order valence-corrected chi connectivity index (χ4v) is 4.61. The quantitative estimate of drug-likeness (QED) is 0.252. The van der Waals surface area contributed by atoms with Crippen LogP contribution in [0.15, 0.2) is 36.7 Å². The number of ether oxygens (including phenoxy) is 1. The van der Waals surface area contributed by atoms with Gasteiger partial charge in [0, 0.05) is 31.1 Å². The Labute approximate surface area is 227 Å². The molecule has 4 rings (SSSR count). The van der Waals surface area contributed by atoms with Crippen LogP contribution in [0.25, 0.3) is 0 Å². The summed E-state index contributed by atoms with van der Waals surface area (Å²) < 4.78 is 5.14. The minimum absolute atomic E-state index is 0.0352. The number of aliphatic carboxylic acids is 1. The third-order valence-corrected chi connectivity index (χ3v) is 6.84. The summed E-state index contributed by atoms with van der Waals surface area (Å²) >= 11 is 0. The predicted molar refractivity (Wildman–Crippen MR) is 144 cm³/mol. The number of carbonyl (C=O) groups excluding carboxylic acids is 2. The molecule has 0 radical (unpaired) electrons. The standard InChI is InChI=1S/C26H36N8O5/c1-17-21(29-14-20(24(36)37)32-26(38)39-15-18-6-3-2-4-7-18)30-16-31-22(17)34-12-8-19(9-13-34)23(35)33-25-27-10-5-11-28-25/h2-4,6-7,16,19-20,25,27-28H,5,8-15H2,1H3,(H,32,38)(H,33,35)(H,36,37)(H,29,30,31). The first-order valence-electron chi connectivity index (χ1n) is 13.2. The van der Waals surface area contributed by atoms with Crippen molar-refractivity contribution < 1.29 is 24.2 Å². The molecule has 0 bridgehead atoms. The van der Waals surface area contributed by atoms with Crippen LogP contribution >= 0.6 is 0 Å². The van der Waals surface area contributed by atoms with Gasteiger partial charge in [-0.1, -0.05) is 30.3 Å². The van der Waals surface area contributed by atoms with Crippen LogP contribution in [0.4, 0.5) is 16.4 Å². The number of piperidine rings is 1. The van der Waals surface area contributed by atoms with Crippen molar-refractivity contribution in [2.45, 2.75) is 45.1 Å². The lowest BCUT2D eigenvalue weighted by molar-refractivity contribution is -0.139. The van der Waals surface area contributed by atoms with Crippen molar-refractivity contribution in [1.82, 2.24) is 31.2 Å². The monoisotopic (exact) mass is 540 g/mol. The van der Waals surface area contributed by atoms with Crippen molar-refractivity contribution in [3.8, 4) is 0 Å². The number of carbonyl (C=O) groups is 3. The Morgan fingerprint density at radius 1 is 1.13 bits per heavy atom. The number of hydrogen-bond donors (Lipinski definition) is 6. The van der Waals surface area contributed by atoms with Gasteiger partial charge >= 0.3 is 12.1 Å². The smallest absolute Gasteiger partial charge is 0.408 e. The number of carboxylic acids is 1. The average molecular weight is 541 g/mol. The lowest BCUT2D eigenvalue weighted by atomic mass is 9.95. The van der Waals surface area contributed by atoms with Crippen molar-refractivity contribution in [3.05, 3.63) is 47.8 Å². The van der Waals surface area contributed by atoms with Crippen LogP contribution in [0.2, 0.25) is 0 Å². The number of aromatic nitrogens is 2. The number of alkyl carbamates (subject to hydrolysis) is 1. The van der Waals surface area contributed by atoms with E-state index in [4.69, 9.17) is 4.74 Å². The summed E-state index contributed by atoms with van der Waals surface area (Å²) in [7, 11) is 0. The third-order valence-electron chi connectivity index (χ3n) is 6.84. The minimum atomic E-state index is -1.23. The van der Waals surface area contributed by atoms with Crippen molar-refractivity contribution in [2.24, 2.45) is 5.92 Å². The molecule has 0 aliphatic carbocycles. The first kappa shape index (κ1) is 28.0. The highest BCUT2D eigenvalue weighted by molar-refractivity contribution is 5.81. The van der Waals surface area contributed by atoms with Crippen molar-refractivity contribution in [3.63, 3.8) is 0 Å². The van der Waals surface area contributed by atoms with Crippen LogP contribution in [0.5, 0.6) is 0 Å². The van der Waals surface area contributed by atoms with Gasteiger partial charge in [-0.3, -0.25) is 15.4 Å². The molecule has 210 valence electrons. The third kappa shape index (κ3) is 8.01. The number of anilines is 2. The van der Waals surface area contributed by atoms with E-state index in [2.05, 4.69) is 41.5 Å². The van der Waals surface area contributed by atoms with E-state index in [0.29, 0.717) is 31.7 Å². The van der Waals surface area contributed by atoms with Crippen molar-refractivity contribution in [1.29, 1.82) is 0 Å². The summed E-state index contributed by atoms with van der Waals surface area (Å²) in [4.78, 5) is 47.4. The fourth-order valence-electron chi connectivity index (χ4n) is 4.61. The van der Waals surface area contributed by atoms with Crippen molar-refractivity contribution in [2.75, 3.05) is 42.9 Å². The molecule has 1 aromatic heterocycles. The molecule has 0 saturated carbocycles. The van der Waals surface area contributed by atoms with Gasteiger partial charge in [-0.2, -0.15) is 0 Å². The molecule has 2 fully saturated rings. The molecule has 2 amide bonds. The van der Waals surface area contributed by atoms with Gasteiger partial charge in [-0.15, -0.1) is 0 Å². The summed E-state index contributed by atoms with van der Waals surface area (Å²) in [5.41, 5.74) is 1.55. The van der Waals surface area contributed by atoms with E-state index >= 15 is 0 Å². The summed E-state index contributed by atoms with van der Waals surface area (Å²) in [5, 5.41) is 24.5. The Hall–Kier alpha value is -3.97. The first-order chi connectivity index (χ1) is 18.9. The molecule has 1 aromatic carbocycles. The number of benzene rings is 1. The number of nitrogens with zero attached hydrogens (tertiary/aromatic N) is 3. The zero-order valence-electron chi connectivity index (χ0n) is 22.0. The van der Waals surface area contributed by atoms with E-state index in [1.54, 1.807) is 0 Å². The van der Waals surface area contributed by atoms with Gasteiger partial charge in [0.25, 0.3) is 0 Å². The van der Waals surface area contributed by atoms with Crippen LogP contribution in [-0.2, 0) is 20.9 Å². The van der Waals surface area contributed by atoms with Gasteiger partial charge in [-0.25, -0.2) is 19.6 Å². The molecule has 2 aliphatic heterocycles. The lowest BCUT2D eigenvalue weighted by Crippen LogP contribution is -2.59. The van der Waals surface area contributed by atoms with E-state index in [0.717, 1.165) is 36.5 Å². The first-order valence-corrected chi connectivity index (χ1v) is 13.2. The SMILES string of the molecule is Cc1c(NCC(NC(=O)OCc2ccccc2)C(=O)O)ncnc1N1CCC(C(=O)NC2NCCCN2)CC1. The summed E-state index contributed by atoms with van der Waals surface area (Å²) in [5.74, 6) is -0.0393. The lowest BCUT2D eigenvalue weighted by Gasteiger charge is -2.34. The van der Waals surface area contributed by atoms with Gasteiger partial charge in [0.2, 0.25) is 5.91 Å². The topological polar surface area (TPSA) is 170 Å². The summed E-state index contributed by atoms with van der Waals surface area (Å²) in [6, 6.07) is 7.89. The number of amides is 2. The predicted octanol–water partition coefficient (Wildman–Crippen LogP) is 0.776. The van der Waals surface area contributed by atoms with Gasteiger partial charge in [-0.05, 0) is 44.8 Å². The Balaban J connectivity index is 1.27. The van der Waals surface area contributed by atoms with Crippen LogP contribution in [0, 0.1) is 12.8 Å². The Bertz CT molecular complexity index is 1120. The molecule has 2 aliphatic rings. The zero-order valence-corrected chi connectivity index (χ0v) is 22.0. The fraction of sp³-hybridized carbons (Fsp3) is 0.500. The van der Waals surface area contributed by atoms with Gasteiger partial charge in [0.05, 0.1) is 0 Å². The zero-order chi connectivity index (χ0) is 27.6. The summed E-state index contributed by atoms with van der Waals surface area (Å²) in [6.07, 6.45) is 2.84. The highest BCUT2D eigenvalue weighted by Crippen LogP contribution is 2.27. The Morgan fingerprint density at radius 2 is 1.85 bits per heavy atom. The van der Waals surface area contributed by atoms with Gasteiger partial charge in [0.15, 0.2) is 0 Å². The van der Waals surface area contributed by atoms with Crippen LogP contribution in [0.1, 0.15) is 30.4 Å². The molecule has 2 saturated heterocycles. The number of carboxylic acid groups (broad SMARTS) is 1. The number of hydrogen-bond acceptors (Lipinski definition) is 10. The van der Waals surface area contributed by atoms with Crippen LogP contribution < -0.4 is 31.5 Å². The number of nitrogens with one attached hydrogen (secondary N) is 5. The van der Waals surface area contributed by atoms with E-state index in [1.807, 2.05) is 37.3 Å². The summed E-state index contributed by atoms with van der Waals surface area (Å²) in [6.45, 7) is 4.87. The second-order valence-electron chi connectivity index (χ2n) is 9.61. The second kappa shape index (κ2) is 13.7. The van der Waals surface area contributed by atoms with E-state index in [9.17, 15) is 19.5 Å². The minimum Gasteiger partial charge on any atom is -0.480 e. The molecule has 0 spiro atoms. The molecule has 1 unspecified atom stereocenters. The average Bonchev–Trinajstić information content (AvgIpc) is 2.96. The molecule has 13 nitrogen and oxygen atoms in total. The highest BCUT2D eigenvalue weighted by Gasteiger charge is 2.28. The van der Waals surface area contributed by atoms with E-state index < -0.39 is 18.1 Å². The van der Waals surface area contributed by atoms with Crippen LogP contribution in [-0.4, -0.2) is 78.1 Å². The molecule has 2 aromatic rings. The molecule has 1 atom stereocenters. The van der Waals surface area contributed by atoms with E-state index in [-0.39, 0.29) is 31.3 Å². The molecular formula is C26H36N8O5. The largest absolute Gasteiger partial charge is 0.480 e.